The van der Waals surface area contributed by atoms with Crippen molar-refractivity contribution in [2.45, 2.75) is 6.92 Å². The van der Waals surface area contributed by atoms with E-state index in [0.717, 1.165) is 11.4 Å². The lowest BCUT2D eigenvalue weighted by atomic mass is 10.3. The molecule has 0 saturated heterocycles. The molecule has 0 radical (unpaired) electrons. The second-order valence-corrected chi connectivity index (χ2v) is 3.52. The number of hydrogen-bond acceptors (Lipinski definition) is 2. The molecule has 0 aliphatic rings. The van der Waals surface area contributed by atoms with Gasteiger partial charge in [0.1, 0.15) is 0 Å². The predicted octanol–water partition coefficient (Wildman–Crippen LogP) is 2.42. The Hall–Kier alpha value is -1.48. The van der Waals surface area contributed by atoms with E-state index in [1.54, 1.807) is 18.6 Å². The average molecular weight is 208 g/mol. The molecule has 0 atom stereocenters. The molecule has 0 unspecified atom stereocenters. The number of nitrogens with two attached hydrogens (primary N) is 1. The zero-order chi connectivity index (χ0) is 10.1. The van der Waals surface area contributed by atoms with E-state index >= 15 is 0 Å². The quantitative estimate of drug-likeness (QED) is 0.730. The summed E-state index contributed by atoms with van der Waals surface area (Å²) in [7, 11) is 0. The third kappa shape index (κ3) is 1.46. The number of benzene rings is 1. The molecular formula is C10H10ClN3. The lowest BCUT2D eigenvalue weighted by Crippen LogP contribution is -1.95. The molecule has 0 amide bonds. The van der Waals surface area contributed by atoms with Crippen molar-refractivity contribution in [3.8, 4) is 5.69 Å². The number of aromatic nitrogens is 2. The van der Waals surface area contributed by atoms with Crippen LogP contribution in [0.25, 0.3) is 5.69 Å². The fourth-order valence-electron chi connectivity index (χ4n) is 1.30. The summed E-state index contributed by atoms with van der Waals surface area (Å²) in [6.07, 6.45) is 3.54. The second kappa shape index (κ2) is 3.35. The topological polar surface area (TPSA) is 43.8 Å². The van der Waals surface area contributed by atoms with E-state index in [9.17, 15) is 0 Å². The smallest absolute Gasteiger partial charge is 0.0994 e. The van der Waals surface area contributed by atoms with Crippen molar-refractivity contribution in [3.63, 3.8) is 0 Å². The maximum atomic E-state index is 5.92. The van der Waals surface area contributed by atoms with Crippen LogP contribution in [0.4, 0.5) is 5.69 Å². The van der Waals surface area contributed by atoms with Crippen LogP contribution < -0.4 is 5.73 Å². The van der Waals surface area contributed by atoms with Crippen molar-refractivity contribution in [3.05, 3.63) is 41.4 Å². The summed E-state index contributed by atoms with van der Waals surface area (Å²) in [5.74, 6) is 0. The highest BCUT2D eigenvalue weighted by molar-refractivity contribution is 6.33. The average Bonchev–Trinajstić information content (AvgIpc) is 2.57. The number of halogens is 1. The number of aryl methyl sites for hydroxylation is 1. The molecule has 0 spiro atoms. The molecule has 2 aromatic rings. The first-order valence-corrected chi connectivity index (χ1v) is 4.60. The zero-order valence-electron chi connectivity index (χ0n) is 7.74. The molecule has 4 heteroatoms. The molecule has 1 aromatic heterocycles. The van der Waals surface area contributed by atoms with Crippen LogP contribution in [0.1, 0.15) is 5.69 Å². The van der Waals surface area contributed by atoms with Crippen LogP contribution in [-0.2, 0) is 0 Å². The Morgan fingerprint density at radius 3 is 2.79 bits per heavy atom. The molecule has 1 heterocycles. The molecule has 0 aliphatic carbocycles. The van der Waals surface area contributed by atoms with Gasteiger partial charge in [-0.25, -0.2) is 4.98 Å². The highest BCUT2D eigenvalue weighted by Gasteiger charge is 2.02. The lowest BCUT2D eigenvalue weighted by molar-refractivity contribution is 1.01. The Kier molecular flexibility index (Phi) is 2.17. The first-order chi connectivity index (χ1) is 6.68. The van der Waals surface area contributed by atoms with Gasteiger partial charge < -0.3 is 10.3 Å². The standard InChI is InChI=1S/C10H10ClN3/c1-7-5-13-6-14(7)8-2-3-10(12)9(11)4-8/h2-6H,12H2,1H3. The summed E-state index contributed by atoms with van der Waals surface area (Å²) in [5, 5.41) is 0.565. The molecule has 0 fully saturated rings. The van der Waals surface area contributed by atoms with Crippen LogP contribution in [0.15, 0.2) is 30.7 Å². The maximum absolute atomic E-state index is 5.92. The van der Waals surface area contributed by atoms with Gasteiger partial charge in [-0.1, -0.05) is 11.6 Å². The van der Waals surface area contributed by atoms with E-state index in [0.29, 0.717) is 10.7 Å². The Morgan fingerprint density at radius 2 is 2.21 bits per heavy atom. The molecule has 0 saturated carbocycles. The monoisotopic (exact) mass is 207 g/mol. The van der Waals surface area contributed by atoms with E-state index in [4.69, 9.17) is 17.3 Å². The third-order valence-corrected chi connectivity index (χ3v) is 2.41. The predicted molar refractivity (Wildman–Crippen MR) is 57.7 cm³/mol. The van der Waals surface area contributed by atoms with Gasteiger partial charge in [0.15, 0.2) is 0 Å². The summed E-state index contributed by atoms with van der Waals surface area (Å²) in [6, 6.07) is 5.53. The SMILES string of the molecule is Cc1cncn1-c1ccc(N)c(Cl)c1. The molecule has 2 N–H and O–H groups in total. The van der Waals surface area contributed by atoms with Gasteiger partial charge in [0.05, 0.1) is 17.0 Å². The number of imidazole rings is 1. The van der Waals surface area contributed by atoms with Crippen LogP contribution in [0.5, 0.6) is 0 Å². The Balaban J connectivity index is 2.53. The minimum absolute atomic E-state index is 0.565. The van der Waals surface area contributed by atoms with Crippen LogP contribution in [-0.4, -0.2) is 9.55 Å². The van der Waals surface area contributed by atoms with Gasteiger partial charge in [-0.05, 0) is 25.1 Å². The molecule has 2 rings (SSSR count). The van der Waals surface area contributed by atoms with E-state index in [1.807, 2.05) is 23.6 Å². The maximum Gasteiger partial charge on any atom is 0.0994 e. The highest BCUT2D eigenvalue weighted by Crippen LogP contribution is 2.22. The molecule has 0 aliphatic heterocycles. The third-order valence-electron chi connectivity index (χ3n) is 2.09. The van der Waals surface area contributed by atoms with Crippen molar-refractivity contribution in [2.24, 2.45) is 0 Å². The number of anilines is 1. The minimum Gasteiger partial charge on any atom is -0.398 e. The Labute approximate surface area is 87.1 Å². The molecule has 3 nitrogen and oxygen atoms in total. The Bertz CT molecular complexity index is 462. The van der Waals surface area contributed by atoms with Crippen molar-refractivity contribution < 1.29 is 0 Å². The van der Waals surface area contributed by atoms with E-state index < -0.39 is 0 Å². The van der Waals surface area contributed by atoms with E-state index in [-0.39, 0.29) is 0 Å². The van der Waals surface area contributed by atoms with Gasteiger partial charge in [-0.2, -0.15) is 0 Å². The summed E-state index contributed by atoms with van der Waals surface area (Å²) >= 11 is 5.92. The van der Waals surface area contributed by atoms with Gasteiger partial charge in [0.2, 0.25) is 0 Å². The van der Waals surface area contributed by atoms with E-state index in [2.05, 4.69) is 4.98 Å². The minimum atomic E-state index is 0.565. The number of hydrogen-bond donors (Lipinski definition) is 1. The van der Waals surface area contributed by atoms with Crippen molar-refractivity contribution in [1.82, 2.24) is 9.55 Å². The first kappa shape index (κ1) is 9.09. The summed E-state index contributed by atoms with van der Waals surface area (Å²) in [4.78, 5) is 4.04. The van der Waals surface area contributed by atoms with Gasteiger partial charge in [0, 0.05) is 17.6 Å². The number of rotatable bonds is 1. The molecule has 1 aromatic carbocycles. The van der Waals surface area contributed by atoms with Gasteiger partial charge in [-0.3, -0.25) is 0 Å². The van der Waals surface area contributed by atoms with Crippen LogP contribution in [0.2, 0.25) is 5.02 Å². The van der Waals surface area contributed by atoms with Crippen LogP contribution in [0.3, 0.4) is 0 Å². The molecular weight excluding hydrogens is 198 g/mol. The van der Waals surface area contributed by atoms with Crippen molar-refractivity contribution in [1.29, 1.82) is 0 Å². The second-order valence-electron chi connectivity index (χ2n) is 3.11. The molecule has 14 heavy (non-hydrogen) atoms. The highest BCUT2D eigenvalue weighted by atomic mass is 35.5. The lowest BCUT2D eigenvalue weighted by Gasteiger charge is -2.06. The van der Waals surface area contributed by atoms with E-state index in [1.165, 1.54) is 0 Å². The summed E-state index contributed by atoms with van der Waals surface area (Å²) < 4.78 is 1.95. The first-order valence-electron chi connectivity index (χ1n) is 4.23. The fraction of sp³-hybridized carbons (Fsp3) is 0.100. The number of nitrogen functional groups attached to an aromatic ring is 1. The fourth-order valence-corrected chi connectivity index (χ4v) is 1.47. The molecule has 0 bridgehead atoms. The zero-order valence-corrected chi connectivity index (χ0v) is 8.49. The summed E-state index contributed by atoms with van der Waals surface area (Å²) in [6.45, 7) is 1.98. The summed E-state index contributed by atoms with van der Waals surface area (Å²) in [5.41, 5.74) is 8.25. The van der Waals surface area contributed by atoms with Crippen molar-refractivity contribution >= 4 is 17.3 Å². The Morgan fingerprint density at radius 1 is 1.43 bits per heavy atom. The number of nitrogens with zero attached hydrogens (tertiary/aromatic N) is 2. The van der Waals surface area contributed by atoms with Gasteiger partial charge in [0.25, 0.3) is 0 Å². The normalized spacial score (nSPS) is 10.4. The largest absolute Gasteiger partial charge is 0.398 e. The van der Waals surface area contributed by atoms with Crippen LogP contribution in [0, 0.1) is 6.92 Å². The van der Waals surface area contributed by atoms with Gasteiger partial charge in [-0.15, -0.1) is 0 Å². The van der Waals surface area contributed by atoms with Gasteiger partial charge >= 0.3 is 0 Å². The van der Waals surface area contributed by atoms with Crippen molar-refractivity contribution in [2.75, 3.05) is 5.73 Å². The molecule has 72 valence electrons. The van der Waals surface area contributed by atoms with Crippen LogP contribution >= 0.6 is 11.6 Å².